The molecule has 0 spiro atoms. The first-order valence-corrected chi connectivity index (χ1v) is 12.3. The quantitative estimate of drug-likeness (QED) is 0.282. The normalized spacial score (nSPS) is 11.8. The third-order valence-electron chi connectivity index (χ3n) is 5.41. The van der Waals surface area contributed by atoms with Gasteiger partial charge in [-0.3, -0.25) is 4.57 Å². The van der Waals surface area contributed by atoms with Crippen LogP contribution in [0.1, 0.15) is 35.5 Å². The predicted molar refractivity (Wildman–Crippen MR) is 139 cm³/mol. The molecule has 3 aromatic carbocycles. The van der Waals surface area contributed by atoms with Gasteiger partial charge in [0.2, 0.25) is 0 Å². The first kappa shape index (κ1) is 23.9. The lowest BCUT2D eigenvalue weighted by molar-refractivity contribution is 0.249. The van der Waals surface area contributed by atoms with Crippen molar-refractivity contribution in [2.24, 2.45) is 0 Å². The van der Waals surface area contributed by atoms with E-state index >= 15 is 0 Å². The van der Waals surface area contributed by atoms with Gasteiger partial charge in [-0.25, -0.2) is 4.79 Å². The SMILES string of the molecule is Cc1ccc(-n2c(SCc3ccccc3C)nnc2C(C)NC(=O)Nc2ccc(Cl)cc2)cc1. The highest BCUT2D eigenvalue weighted by Gasteiger charge is 2.21. The van der Waals surface area contributed by atoms with Crippen LogP contribution in [0.15, 0.2) is 78.0 Å². The Kier molecular flexibility index (Phi) is 7.55. The molecule has 0 aliphatic carbocycles. The van der Waals surface area contributed by atoms with Crippen molar-refractivity contribution >= 4 is 35.1 Å². The zero-order chi connectivity index (χ0) is 24.1. The van der Waals surface area contributed by atoms with Gasteiger partial charge in [0.25, 0.3) is 0 Å². The number of anilines is 1. The molecular formula is C26H26ClN5OS. The van der Waals surface area contributed by atoms with Crippen molar-refractivity contribution in [1.29, 1.82) is 0 Å². The molecule has 34 heavy (non-hydrogen) atoms. The minimum atomic E-state index is -0.381. The highest BCUT2D eigenvalue weighted by Crippen LogP contribution is 2.28. The molecule has 2 amide bonds. The predicted octanol–water partition coefficient (Wildman–Crippen LogP) is 6.71. The lowest BCUT2D eigenvalue weighted by Gasteiger charge is -2.17. The molecule has 0 aliphatic heterocycles. The van der Waals surface area contributed by atoms with E-state index in [4.69, 9.17) is 11.6 Å². The molecule has 0 radical (unpaired) electrons. The second kappa shape index (κ2) is 10.8. The van der Waals surface area contributed by atoms with Crippen LogP contribution in [0, 0.1) is 13.8 Å². The van der Waals surface area contributed by atoms with E-state index in [1.807, 2.05) is 35.8 Å². The Morgan fingerprint density at radius 2 is 1.71 bits per heavy atom. The maximum atomic E-state index is 12.6. The number of carbonyl (C=O) groups excluding carboxylic acids is 1. The van der Waals surface area contributed by atoms with E-state index in [0.29, 0.717) is 16.5 Å². The molecule has 1 heterocycles. The van der Waals surface area contributed by atoms with Gasteiger partial charge in [0, 0.05) is 22.2 Å². The number of nitrogens with one attached hydrogen (secondary N) is 2. The van der Waals surface area contributed by atoms with E-state index in [-0.39, 0.29) is 12.1 Å². The number of thioether (sulfide) groups is 1. The minimum Gasteiger partial charge on any atom is -0.328 e. The summed E-state index contributed by atoms with van der Waals surface area (Å²) in [6.45, 7) is 6.05. The van der Waals surface area contributed by atoms with Crippen LogP contribution in [-0.4, -0.2) is 20.8 Å². The van der Waals surface area contributed by atoms with Crippen LogP contribution in [0.2, 0.25) is 5.02 Å². The fraction of sp³-hybridized carbons (Fsp3) is 0.192. The topological polar surface area (TPSA) is 71.8 Å². The highest BCUT2D eigenvalue weighted by molar-refractivity contribution is 7.98. The fourth-order valence-corrected chi connectivity index (χ4v) is 4.63. The molecule has 4 aromatic rings. The summed E-state index contributed by atoms with van der Waals surface area (Å²) in [5, 5.41) is 16.1. The standard InChI is InChI=1S/C26H26ClN5OS/c1-17-8-14-23(15-9-17)32-24(19(3)28-25(33)29-22-12-10-21(27)11-13-22)30-31-26(32)34-16-20-7-5-4-6-18(20)2/h4-15,19H,16H2,1-3H3,(H2,28,29,33). The highest BCUT2D eigenvalue weighted by atomic mass is 35.5. The number of rotatable bonds is 7. The van der Waals surface area contributed by atoms with E-state index in [2.05, 4.69) is 58.9 Å². The van der Waals surface area contributed by atoms with E-state index in [9.17, 15) is 4.79 Å². The van der Waals surface area contributed by atoms with E-state index in [1.165, 1.54) is 16.7 Å². The van der Waals surface area contributed by atoms with Crippen LogP contribution in [-0.2, 0) is 5.75 Å². The Morgan fingerprint density at radius 1 is 1.00 bits per heavy atom. The molecule has 8 heteroatoms. The number of hydrogen-bond acceptors (Lipinski definition) is 4. The average molecular weight is 492 g/mol. The van der Waals surface area contributed by atoms with Crippen LogP contribution >= 0.6 is 23.4 Å². The summed E-state index contributed by atoms with van der Waals surface area (Å²) in [7, 11) is 0. The van der Waals surface area contributed by atoms with Crippen LogP contribution in [0.3, 0.4) is 0 Å². The van der Waals surface area contributed by atoms with E-state index in [1.54, 1.807) is 36.0 Å². The van der Waals surface area contributed by atoms with Crippen molar-refractivity contribution in [1.82, 2.24) is 20.1 Å². The zero-order valence-corrected chi connectivity index (χ0v) is 20.8. The Hall–Kier alpha value is -3.29. The third kappa shape index (κ3) is 5.79. The molecule has 1 aromatic heterocycles. The number of aryl methyl sites for hydroxylation is 2. The number of amides is 2. The molecule has 2 N–H and O–H groups in total. The molecule has 174 valence electrons. The van der Waals surface area contributed by atoms with Gasteiger partial charge in [-0.05, 0) is 68.3 Å². The van der Waals surface area contributed by atoms with Crippen LogP contribution in [0.5, 0.6) is 0 Å². The fourth-order valence-electron chi connectivity index (χ4n) is 3.47. The lowest BCUT2D eigenvalue weighted by atomic mass is 10.1. The van der Waals surface area contributed by atoms with Crippen LogP contribution < -0.4 is 10.6 Å². The smallest absolute Gasteiger partial charge is 0.319 e. The molecule has 1 atom stereocenters. The third-order valence-corrected chi connectivity index (χ3v) is 6.64. The first-order valence-electron chi connectivity index (χ1n) is 10.9. The van der Waals surface area contributed by atoms with Crippen molar-refractivity contribution in [2.75, 3.05) is 5.32 Å². The molecule has 1 unspecified atom stereocenters. The molecular weight excluding hydrogens is 466 g/mol. The van der Waals surface area contributed by atoms with E-state index < -0.39 is 0 Å². The van der Waals surface area contributed by atoms with Crippen LogP contribution in [0.25, 0.3) is 5.69 Å². The van der Waals surface area contributed by atoms with Gasteiger partial charge >= 0.3 is 6.03 Å². The Bertz CT molecular complexity index is 1270. The zero-order valence-electron chi connectivity index (χ0n) is 19.2. The maximum absolute atomic E-state index is 12.6. The average Bonchev–Trinajstić information content (AvgIpc) is 3.24. The largest absolute Gasteiger partial charge is 0.328 e. The Morgan fingerprint density at radius 3 is 2.41 bits per heavy atom. The van der Waals surface area contributed by atoms with Crippen molar-refractivity contribution < 1.29 is 4.79 Å². The molecule has 6 nitrogen and oxygen atoms in total. The molecule has 0 saturated heterocycles. The summed E-state index contributed by atoms with van der Waals surface area (Å²) in [5.74, 6) is 1.43. The second-order valence-electron chi connectivity index (χ2n) is 8.05. The molecule has 0 aliphatic rings. The van der Waals surface area contributed by atoms with E-state index in [0.717, 1.165) is 16.6 Å². The van der Waals surface area contributed by atoms with Crippen molar-refractivity contribution in [3.8, 4) is 5.69 Å². The Balaban J connectivity index is 1.57. The summed E-state index contributed by atoms with van der Waals surface area (Å²) < 4.78 is 2.01. The molecule has 0 saturated carbocycles. The number of carbonyl (C=O) groups is 1. The Labute approximate surface area is 208 Å². The van der Waals surface area contributed by atoms with Gasteiger partial charge in [0.15, 0.2) is 11.0 Å². The van der Waals surface area contributed by atoms with Crippen molar-refractivity contribution in [3.05, 3.63) is 100 Å². The van der Waals surface area contributed by atoms with Crippen LogP contribution in [0.4, 0.5) is 10.5 Å². The molecule has 0 bridgehead atoms. The van der Waals surface area contributed by atoms with Crippen molar-refractivity contribution in [3.63, 3.8) is 0 Å². The van der Waals surface area contributed by atoms with Gasteiger partial charge in [-0.1, -0.05) is 65.3 Å². The molecule has 0 fully saturated rings. The number of aromatic nitrogens is 3. The summed E-state index contributed by atoms with van der Waals surface area (Å²) >= 11 is 7.55. The number of nitrogens with zero attached hydrogens (tertiary/aromatic N) is 3. The maximum Gasteiger partial charge on any atom is 0.319 e. The van der Waals surface area contributed by atoms with Gasteiger partial charge in [-0.15, -0.1) is 10.2 Å². The lowest BCUT2D eigenvalue weighted by Crippen LogP contribution is -2.32. The second-order valence-corrected chi connectivity index (χ2v) is 9.43. The van der Waals surface area contributed by atoms with Crippen molar-refractivity contribution in [2.45, 2.75) is 37.7 Å². The summed E-state index contributed by atoms with van der Waals surface area (Å²) in [6.07, 6.45) is 0. The molecule has 4 rings (SSSR count). The first-order chi connectivity index (χ1) is 16.4. The number of halogens is 1. The summed E-state index contributed by atoms with van der Waals surface area (Å²) in [6, 6.07) is 22.8. The number of hydrogen-bond donors (Lipinski definition) is 2. The van der Waals surface area contributed by atoms with Gasteiger partial charge in [-0.2, -0.15) is 0 Å². The summed E-state index contributed by atoms with van der Waals surface area (Å²) in [5.41, 5.74) is 5.26. The monoisotopic (exact) mass is 491 g/mol. The minimum absolute atomic E-state index is 0.331. The number of benzene rings is 3. The van der Waals surface area contributed by atoms with Gasteiger partial charge < -0.3 is 10.6 Å². The summed E-state index contributed by atoms with van der Waals surface area (Å²) in [4.78, 5) is 12.6. The number of urea groups is 1. The van der Waals surface area contributed by atoms with Gasteiger partial charge in [0.1, 0.15) is 0 Å². The van der Waals surface area contributed by atoms with Gasteiger partial charge in [0.05, 0.1) is 6.04 Å².